The molecule has 0 saturated carbocycles. The molecule has 1 aromatic carbocycles. The van der Waals surface area contributed by atoms with E-state index < -0.39 is 0 Å². The van der Waals surface area contributed by atoms with Gasteiger partial charge in [0.1, 0.15) is 0 Å². The summed E-state index contributed by atoms with van der Waals surface area (Å²) < 4.78 is 9.61. The summed E-state index contributed by atoms with van der Waals surface area (Å²) in [5, 5.41) is 9.65. The van der Waals surface area contributed by atoms with E-state index in [1.165, 1.54) is 28.1 Å². The quantitative estimate of drug-likeness (QED) is 0.618. The highest BCUT2D eigenvalue weighted by molar-refractivity contribution is 5.76. The number of anilines is 2. The van der Waals surface area contributed by atoms with Crippen LogP contribution in [-0.2, 0) is 36.0 Å². The van der Waals surface area contributed by atoms with Gasteiger partial charge in [-0.3, -0.25) is 14.2 Å². The van der Waals surface area contributed by atoms with Gasteiger partial charge in [0.05, 0.1) is 37.2 Å². The Kier molecular flexibility index (Phi) is 4.79. The monoisotopic (exact) mass is 446 g/mol. The molecule has 5 heterocycles. The maximum Gasteiger partial charge on any atom is 0.219 e. The van der Waals surface area contributed by atoms with Gasteiger partial charge in [-0.1, -0.05) is 6.07 Å². The largest absolute Gasteiger partial charge is 0.377 e. The molecule has 1 amide bonds. The van der Waals surface area contributed by atoms with Crippen LogP contribution < -0.4 is 4.90 Å². The van der Waals surface area contributed by atoms with Crippen LogP contribution in [0, 0.1) is 6.92 Å². The molecule has 0 aliphatic carbocycles. The first-order valence-electron chi connectivity index (χ1n) is 11.8. The molecule has 3 aliphatic heterocycles. The summed E-state index contributed by atoms with van der Waals surface area (Å²) in [6, 6.07) is 9.17. The molecule has 0 bridgehead atoms. The number of fused-ring (bicyclic) bond motifs is 2. The van der Waals surface area contributed by atoms with Crippen LogP contribution in [0.25, 0.3) is 11.3 Å². The number of aromatic nitrogens is 4. The van der Waals surface area contributed by atoms with Crippen LogP contribution in [0.5, 0.6) is 0 Å². The third-order valence-electron chi connectivity index (χ3n) is 7.23. The Morgan fingerprint density at radius 3 is 2.67 bits per heavy atom. The topological polar surface area (TPSA) is 68.4 Å². The van der Waals surface area contributed by atoms with Crippen LogP contribution >= 0.6 is 0 Å². The Bertz CT molecular complexity index is 1240. The molecule has 3 aliphatic rings. The zero-order chi connectivity index (χ0) is 22.7. The van der Waals surface area contributed by atoms with Gasteiger partial charge >= 0.3 is 0 Å². The van der Waals surface area contributed by atoms with Crippen LogP contribution in [-0.4, -0.2) is 56.7 Å². The molecule has 172 valence electrons. The standard InChI is InChI=1S/C25H30N6O2/c1-16-11-24(28(3)26-16)19-6-7-22-18(12-19)5-4-9-30(22)25-21-13-29(17(2)32)10-8-23(21)31(27-25)20-14-33-15-20/h6-7,11-12,20H,4-5,8-10,13-15H2,1-3H3. The van der Waals surface area contributed by atoms with Crippen molar-refractivity contribution in [2.24, 2.45) is 7.05 Å². The highest BCUT2D eigenvalue weighted by Gasteiger charge is 2.34. The number of ether oxygens (including phenoxy) is 1. The van der Waals surface area contributed by atoms with E-state index in [-0.39, 0.29) is 5.91 Å². The molecule has 33 heavy (non-hydrogen) atoms. The van der Waals surface area contributed by atoms with Gasteiger partial charge in [0.25, 0.3) is 0 Å². The first kappa shape index (κ1) is 20.5. The van der Waals surface area contributed by atoms with Crippen molar-refractivity contribution < 1.29 is 9.53 Å². The lowest BCUT2D eigenvalue weighted by Gasteiger charge is -2.33. The van der Waals surface area contributed by atoms with E-state index in [1.807, 2.05) is 23.6 Å². The fourth-order valence-corrected chi connectivity index (χ4v) is 5.44. The minimum Gasteiger partial charge on any atom is -0.377 e. The van der Waals surface area contributed by atoms with Gasteiger partial charge in [0, 0.05) is 56.0 Å². The molecule has 8 heteroatoms. The number of carbonyl (C=O) groups excluding carboxylic acids is 1. The first-order valence-corrected chi connectivity index (χ1v) is 11.8. The highest BCUT2D eigenvalue weighted by Crippen LogP contribution is 2.40. The number of carbonyl (C=O) groups is 1. The number of rotatable bonds is 3. The van der Waals surface area contributed by atoms with Crippen LogP contribution in [0.2, 0.25) is 0 Å². The molecule has 8 nitrogen and oxygen atoms in total. The fourth-order valence-electron chi connectivity index (χ4n) is 5.44. The van der Waals surface area contributed by atoms with Crippen molar-refractivity contribution in [3.63, 3.8) is 0 Å². The second-order valence-corrected chi connectivity index (χ2v) is 9.47. The van der Waals surface area contributed by atoms with Gasteiger partial charge in [0.2, 0.25) is 5.91 Å². The molecule has 6 rings (SSSR count). The maximum absolute atomic E-state index is 12.2. The van der Waals surface area contributed by atoms with Crippen molar-refractivity contribution in [3.8, 4) is 11.3 Å². The Balaban J connectivity index is 1.42. The Morgan fingerprint density at radius 2 is 1.97 bits per heavy atom. The van der Waals surface area contributed by atoms with Crippen molar-refractivity contribution in [2.45, 2.75) is 45.7 Å². The van der Waals surface area contributed by atoms with E-state index >= 15 is 0 Å². The average molecular weight is 447 g/mol. The number of benzene rings is 1. The van der Waals surface area contributed by atoms with E-state index in [0.717, 1.165) is 49.6 Å². The van der Waals surface area contributed by atoms with Gasteiger partial charge in [0.15, 0.2) is 5.82 Å². The minimum absolute atomic E-state index is 0.126. The van der Waals surface area contributed by atoms with Crippen LogP contribution in [0.3, 0.4) is 0 Å². The molecule has 2 aromatic heterocycles. The Hall–Kier alpha value is -3.13. The van der Waals surface area contributed by atoms with E-state index in [1.54, 1.807) is 6.92 Å². The predicted molar refractivity (Wildman–Crippen MR) is 126 cm³/mol. The van der Waals surface area contributed by atoms with Gasteiger partial charge in [-0.05, 0) is 43.5 Å². The molecular weight excluding hydrogens is 416 g/mol. The van der Waals surface area contributed by atoms with Gasteiger partial charge in [-0.25, -0.2) is 0 Å². The van der Waals surface area contributed by atoms with Crippen LogP contribution in [0.1, 0.15) is 41.9 Å². The molecule has 0 spiro atoms. The number of hydrogen-bond acceptors (Lipinski definition) is 5. The van der Waals surface area contributed by atoms with Crippen LogP contribution in [0.4, 0.5) is 11.5 Å². The normalized spacial score (nSPS) is 18.2. The SMILES string of the molecule is CC(=O)N1CCc2c(c(N3CCCc4cc(-c5cc(C)nn5C)ccc43)nn2C2COC2)C1. The van der Waals surface area contributed by atoms with E-state index in [4.69, 9.17) is 9.84 Å². The third-order valence-corrected chi connectivity index (χ3v) is 7.23. The number of amides is 1. The summed E-state index contributed by atoms with van der Waals surface area (Å²) in [7, 11) is 2.00. The maximum atomic E-state index is 12.2. The van der Waals surface area contributed by atoms with E-state index in [2.05, 4.69) is 38.9 Å². The number of nitrogens with zero attached hydrogens (tertiary/aromatic N) is 6. The highest BCUT2D eigenvalue weighted by atomic mass is 16.5. The molecule has 3 aromatic rings. The summed E-state index contributed by atoms with van der Waals surface area (Å²) in [6.45, 7) is 7.44. The summed E-state index contributed by atoms with van der Waals surface area (Å²) in [5.74, 6) is 1.13. The molecule has 0 N–H and O–H groups in total. The molecule has 0 atom stereocenters. The van der Waals surface area contributed by atoms with Crippen LogP contribution in [0.15, 0.2) is 24.3 Å². The lowest BCUT2D eigenvalue weighted by molar-refractivity contribution is -0.129. The van der Waals surface area contributed by atoms with Crippen molar-refractivity contribution >= 4 is 17.4 Å². The molecular formula is C25H30N6O2. The molecule has 0 radical (unpaired) electrons. The first-order chi connectivity index (χ1) is 16.0. The van der Waals surface area contributed by atoms with E-state index in [0.29, 0.717) is 25.8 Å². The molecule has 1 saturated heterocycles. The predicted octanol–water partition coefficient (Wildman–Crippen LogP) is 3.15. The van der Waals surface area contributed by atoms with Crippen molar-refractivity contribution in [3.05, 3.63) is 46.8 Å². The molecule has 1 fully saturated rings. The van der Waals surface area contributed by atoms with Crippen molar-refractivity contribution in [2.75, 3.05) is 31.2 Å². The van der Waals surface area contributed by atoms with E-state index in [9.17, 15) is 4.79 Å². The summed E-state index contributed by atoms with van der Waals surface area (Å²) in [5.41, 5.74) is 8.39. The van der Waals surface area contributed by atoms with Gasteiger partial charge < -0.3 is 14.5 Å². The second-order valence-electron chi connectivity index (χ2n) is 9.47. The lowest BCUT2D eigenvalue weighted by Crippen LogP contribution is -2.37. The zero-order valence-corrected chi connectivity index (χ0v) is 19.5. The lowest BCUT2D eigenvalue weighted by atomic mass is 9.97. The second kappa shape index (κ2) is 7.73. The third kappa shape index (κ3) is 3.35. The van der Waals surface area contributed by atoms with Crippen molar-refractivity contribution in [1.82, 2.24) is 24.5 Å². The van der Waals surface area contributed by atoms with Gasteiger partial charge in [-0.15, -0.1) is 0 Å². The fraction of sp³-hybridized carbons (Fsp3) is 0.480. The summed E-state index contributed by atoms with van der Waals surface area (Å²) in [6.07, 6.45) is 2.97. The smallest absolute Gasteiger partial charge is 0.219 e. The molecule has 0 unspecified atom stereocenters. The number of aryl methyl sites for hydroxylation is 3. The minimum atomic E-state index is 0.126. The summed E-state index contributed by atoms with van der Waals surface area (Å²) in [4.78, 5) is 16.5. The average Bonchev–Trinajstić information content (AvgIpc) is 3.30. The Morgan fingerprint density at radius 1 is 1.12 bits per heavy atom. The zero-order valence-electron chi connectivity index (χ0n) is 19.5. The Labute approximate surface area is 193 Å². The summed E-state index contributed by atoms with van der Waals surface area (Å²) >= 11 is 0. The van der Waals surface area contributed by atoms with Gasteiger partial charge in [-0.2, -0.15) is 10.2 Å². The number of hydrogen-bond donors (Lipinski definition) is 0. The van der Waals surface area contributed by atoms with Crippen molar-refractivity contribution in [1.29, 1.82) is 0 Å².